The van der Waals surface area contributed by atoms with Crippen LogP contribution in [0.1, 0.15) is 48.2 Å². The van der Waals surface area contributed by atoms with Crippen LogP contribution >= 0.6 is 0 Å². The number of rotatable bonds is 4. The van der Waals surface area contributed by atoms with E-state index in [0.717, 1.165) is 18.5 Å². The maximum atomic E-state index is 12.5. The largest absolute Gasteiger partial charge is 0.395 e. The first-order valence-electron chi connectivity index (χ1n) is 7.07. The van der Waals surface area contributed by atoms with Crippen LogP contribution in [0.25, 0.3) is 0 Å². The zero-order valence-electron chi connectivity index (χ0n) is 11.5. The van der Waals surface area contributed by atoms with Crippen molar-refractivity contribution in [3.63, 3.8) is 0 Å². The molecule has 2 rings (SSSR count). The molecule has 0 atom stereocenters. The summed E-state index contributed by atoms with van der Waals surface area (Å²) in [6, 6.07) is 3.94. The summed E-state index contributed by atoms with van der Waals surface area (Å²) in [7, 11) is 0. The van der Waals surface area contributed by atoms with Crippen LogP contribution in [0.4, 0.5) is 0 Å². The third-order valence-electron chi connectivity index (χ3n) is 3.78. The summed E-state index contributed by atoms with van der Waals surface area (Å²) >= 11 is 0. The van der Waals surface area contributed by atoms with Crippen LogP contribution in [0.3, 0.4) is 0 Å². The van der Waals surface area contributed by atoms with Crippen molar-refractivity contribution in [3.05, 3.63) is 29.6 Å². The molecule has 0 spiro atoms. The molecule has 1 heterocycles. The Morgan fingerprint density at radius 3 is 2.68 bits per heavy atom. The topological polar surface area (TPSA) is 53.4 Å². The SMILES string of the molecule is Cc1ccc(C(=O)N(CCO)C2CCCCC2)cn1. The molecule has 0 aliphatic heterocycles. The van der Waals surface area contributed by atoms with Gasteiger partial charge >= 0.3 is 0 Å². The van der Waals surface area contributed by atoms with Crippen LogP contribution < -0.4 is 0 Å². The van der Waals surface area contributed by atoms with E-state index >= 15 is 0 Å². The number of amides is 1. The molecule has 1 aromatic rings. The molecule has 19 heavy (non-hydrogen) atoms. The molecule has 0 unspecified atom stereocenters. The van der Waals surface area contributed by atoms with E-state index in [9.17, 15) is 9.90 Å². The van der Waals surface area contributed by atoms with Gasteiger partial charge < -0.3 is 10.0 Å². The lowest BCUT2D eigenvalue weighted by Gasteiger charge is -2.34. The zero-order valence-corrected chi connectivity index (χ0v) is 11.5. The lowest BCUT2D eigenvalue weighted by atomic mass is 9.93. The molecular formula is C15H22N2O2. The first kappa shape index (κ1) is 14.0. The van der Waals surface area contributed by atoms with Gasteiger partial charge in [-0.2, -0.15) is 0 Å². The van der Waals surface area contributed by atoms with Gasteiger partial charge in [-0.3, -0.25) is 9.78 Å². The predicted octanol–water partition coefficient (Wildman–Crippen LogP) is 2.16. The minimum Gasteiger partial charge on any atom is -0.395 e. The molecule has 0 aromatic carbocycles. The van der Waals surface area contributed by atoms with Crippen molar-refractivity contribution >= 4 is 5.91 Å². The standard InChI is InChI=1S/C15H22N2O2/c1-12-7-8-13(11-16-12)15(19)17(9-10-18)14-5-3-2-4-6-14/h7-8,11,14,18H,2-6,9-10H2,1H3. The molecule has 0 radical (unpaired) electrons. The lowest BCUT2D eigenvalue weighted by molar-refractivity contribution is 0.0585. The van der Waals surface area contributed by atoms with Gasteiger partial charge in [-0.05, 0) is 31.9 Å². The number of hydrogen-bond donors (Lipinski definition) is 1. The third-order valence-corrected chi connectivity index (χ3v) is 3.78. The van der Waals surface area contributed by atoms with E-state index in [0.29, 0.717) is 12.1 Å². The van der Waals surface area contributed by atoms with E-state index < -0.39 is 0 Å². The molecule has 4 heteroatoms. The monoisotopic (exact) mass is 262 g/mol. The number of carbonyl (C=O) groups excluding carboxylic acids is 1. The van der Waals surface area contributed by atoms with Gasteiger partial charge in [-0.1, -0.05) is 19.3 Å². The third kappa shape index (κ3) is 3.53. The predicted molar refractivity (Wildman–Crippen MR) is 74.0 cm³/mol. The van der Waals surface area contributed by atoms with Crippen LogP contribution in [-0.4, -0.2) is 40.1 Å². The zero-order chi connectivity index (χ0) is 13.7. The Kier molecular flexibility index (Phi) is 4.91. The van der Waals surface area contributed by atoms with Gasteiger partial charge in [0.05, 0.1) is 12.2 Å². The Balaban J connectivity index is 2.13. The van der Waals surface area contributed by atoms with Gasteiger partial charge in [0.1, 0.15) is 0 Å². The van der Waals surface area contributed by atoms with Crippen molar-refractivity contribution in [2.75, 3.05) is 13.2 Å². The number of pyridine rings is 1. The smallest absolute Gasteiger partial charge is 0.255 e. The van der Waals surface area contributed by atoms with Gasteiger partial charge in [-0.15, -0.1) is 0 Å². The molecule has 0 bridgehead atoms. The van der Waals surface area contributed by atoms with Crippen LogP contribution in [0, 0.1) is 6.92 Å². The highest BCUT2D eigenvalue weighted by atomic mass is 16.3. The van der Waals surface area contributed by atoms with Crippen LogP contribution in [0.15, 0.2) is 18.3 Å². The highest BCUT2D eigenvalue weighted by Crippen LogP contribution is 2.23. The van der Waals surface area contributed by atoms with Gasteiger partial charge in [0, 0.05) is 24.5 Å². The number of aryl methyl sites for hydroxylation is 1. The van der Waals surface area contributed by atoms with E-state index in [4.69, 9.17) is 0 Å². The summed E-state index contributed by atoms with van der Waals surface area (Å²) in [6.45, 7) is 2.33. The quantitative estimate of drug-likeness (QED) is 0.904. The molecule has 1 aliphatic rings. The fourth-order valence-electron chi connectivity index (χ4n) is 2.71. The van der Waals surface area contributed by atoms with E-state index in [2.05, 4.69) is 4.98 Å². The van der Waals surface area contributed by atoms with Crippen molar-refractivity contribution < 1.29 is 9.90 Å². The van der Waals surface area contributed by atoms with Crippen molar-refractivity contribution in [1.29, 1.82) is 0 Å². The van der Waals surface area contributed by atoms with E-state index in [1.54, 1.807) is 6.20 Å². The second-order valence-electron chi connectivity index (χ2n) is 5.20. The molecule has 1 aromatic heterocycles. The summed E-state index contributed by atoms with van der Waals surface area (Å²) in [5.41, 5.74) is 1.52. The first-order chi connectivity index (χ1) is 9.22. The molecule has 1 aliphatic carbocycles. The van der Waals surface area contributed by atoms with Gasteiger partial charge in [0.2, 0.25) is 0 Å². The van der Waals surface area contributed by atoms with Gasteiger partial charge in [0.15, 0.2) is 0 Å². The Hall–Kier alpha value is -1.42. The summed E-state index contributed by atoms with van der Waals surface area (Å²) in [5.74, 6) is -0.00606. The highest BCUT2D eigenvalue weighted by Gasteiger charge is 2.25. The molecule has 104 valence electrons. The number of aromatic nitrogens is 1. The summed E-state index contributed by atoms with van der Waals surface area (Å²) in [6.07, 6.45) is 7.32. The Bertz CT molecular complexity index is 411. The summed E-state index contributed by atoms with van der Waals surface area (Å²) in [4.78, 5) is 18.5. The molecule has 0 saturated heterocycles. The number of aliphatic hydroxyl groups is 1. The van der Waals surface area contributed by atoms with E-state index in [1.807, 2.05) is 24.0 Å². The Labute approximate surface area is 114 Å². The normalized spacial score (nSPS) is 16.3. The average Bonchev–Trinajstić information content (AvgIpc) is 2.46. The molecule has 1 fully saturated rings. The number of nitrogens with zero attached hydrogens (tertiary/aromatic N) is 2. The second kappa shape index (κ2) is 6.66. The molecule has 4 nitrogen and oxygen atoms in total. The van der Waals surface area contributed by atoms with E-state index in [1.165, 1.54) is 19.3 Å². The van der Waals surface area contributed by atoms with Crippen molar-refractivity contribution in [1.82, 2.24) is 9.88 Å². The van der Waals surface area contributed by atoms with Gasteiger partial charge in [0.25, 0.3) is 5.91 Å². The van der Waals surface area contributed by atoms with Crippen molar-refractivity contribution in [2.24, 2.45) is 0 Å². The van der Waals surface area contributed by atoms with Crippen LogP contribution in [0.2, 0.25) is 0 Å². The second-order valence-corrected chi connectivity index (χ2v) is 5.20. The minimum atomic E-state index is -0.00606. The molecular weight excluding hydrogens is 240 g/mol. The van der Waals surface area contributed by atoms with Crippen molar-refractivity contribution in [3.8, 4) is 0 Å². The van der Waals surface area contributed by atoms with Gasteiger partial charge in [-0.25, -0.2) is 0 Å². The average molecular weight is 262 g/mol. The maximum Gasteiger partial charge on any atom is 0.255 e. The summed E-state index contributed by atoms with van der Waals surface area (Å²) < 4.78 is 0. The number of aliphatic hydroxyl groups excluding tert-OH is 1. The Morgan fingerprint density at radius 1 is 1.37 bits per heavy atom. The maximum absolute atomic E-state index is 12.5. The highest BCUT2D eigenvalue weighted by molar-refractivity contribution is 5.94. The number of hydrogen-bond acceptors (Lipinski definition) is 3. The number of carbonyl (C=O) groups is 1. The first-order valence-corrected chi connectivity index (χ1v) is 7.07. The lowest BCUT2D eigenvalue weighted by Crippen LogP contribution is -2.43. The van der Waals surface area contributed by atoms with Crippen LogP contribution in [0.5, 0.6) is 0 Å². The molecule has 1 saturated carbocycles. The molecule has 1 N–H and O–H groups in total. The molecule has 1 amide bonds. The fourth-order valence-corrected chi connectivity index (χ4v) is 2.71. The van der Waals surface area contributed by atoms with Crippen molar-refractivity contribution in [2.45, 2.75) is 45.1 Å². The Morgan fingerprint density at radius 2 is 2.11 bits per heavy atom. The summed E-state index contributed by atoms with van der Waals surface area (Å²) in [5, 5.41) is 9.20. The van der Waals surface area contributed by atoms with E-state index in [-0.39, 0.29) is 18.6 Å². The fraction of sp³-hybridized carbons (Fsp3) is 0.600. The van der Waals surface area contributed by atoms with Crippen LogP contribution in [-0.2, 0) is 0 Å². The minimum absolute atomic E-state index is 0.00606.